The molecule has 0 unspecified atom stereocenters. The van der Waals surface area contributed by atoms with Gasteiger partial charge in [0.2, 0.25) is 0 Å². The fourth-order valence-corrected chi connectivity index (χ4v) is 2.91. The van der Waals surface area contributed by atoms with Crippen LogP contribution in [0.4, 0.5) is 0 Å². The Labute approximate surface area is 95.7 Å². The van der Waals surface area contributed by atoms with Gasteiger partial charge in [-0.15, -0.1) is 0 Å². The smallest absolute Gasteiger partial charge is 0.143 e. The van der Waals surface area contributed by atoms with E-state index in [1.807, 2.05) is 0 Å². The molecular formula is C12H24O2S. The third kappa shape index (κ3) is 5.36. The van der Waals surface area contributed by atoms with E-state index in [0.717, 1.165) is 18.4 Å². The third-order valence-corrected chi connectivity index (χ3v) is 3.16. The minimum Gasteiger partial charge on any atom is -0.232 e. The molecule has 0 aliphatic heterocycles. The van der Waals surface area contributed by atoms with Crippen molar-refractivity contribution in [3.8, 4) is 0 Å². The Morgan fingerprint density at radius 3 is 1.80 bits per heavy atom. The molecule has 0 atom stereocenters. The van der Waals surface area contributed by atoms with Crippen LogP contribution in [0.2, 0.25) is 0 Å². The quantitative estimate of drug-likeness (QED) is 0.564. The van der Waals surface area contributed by atoms with E-state index in [9.17, 15) is 8.42 Å². The van der Waals surface area contributed by atoms with Crippen LogP contribution in [0.15, 0.2) is 11.1 Å². The topological polar surface area (TPSA) is 34.1 Å². The van der Waals surface area contributed by atoms with Crippen molar-refractivity contribution in [2.45, 2.75) is 47.5 Å². The van der Waals surface area contributed by atoms with Crippen LogP contribution < -0.4 is 0 Å². The van der Waals surface area contributed by atoms with Gasteiger partial charge in [0.05, 0.1) is 5.75 Å². The van der Waals surface area contributed by atoms with Gasteiger partial charge in [-0.3, -0.25) is 0 Å². The number of thiol groups is 1. The van der Waals surface area contributed by atoms with Gasteiger partial charge in [0.15, 0.2) is 0 Å². The predicted molar refractivity (Wildman–Crippen MR) is 66.8 cm³/mol. The molecule has 0 rings (SSSR count). The van der Waals surface area contributed by atoms with Crippen LogP contribution in [0.3, 0.4) is 0 Å². The predicted octanol–water partition coefficient (Wildman–Crippen LogP) is 3.01. The number of hydrogen-bond acceptors (Lipinski definition) is 2. The molecule has 0 radical (unpaired) electrons. The highest BCUT2D eigenvalue weighted by molar-refractivity contribution is 7.72. The molecule has 0 bridgehead atoms. The molecule has 0 N–H and O–H groups in total. The van der Waals surface area contributed by atoms with E-state index in [-0.39, 0.29) is 5.75 Å². The summed E-state index contributed by atoms with van der Waals surface area (Å²) in [6, 6.07) is 0. The van der Waals surface area contributed by atoms with Crippen molar-refractivity contribution >= 4 is 10.7 Å². The molecule has 2 nitrogen and oxygen atoms in total. The number of rotatable bonds is 6. The van der Waals surface area contributed by atoms with Crippen LogP contribution in [0.5, 0.6) is 0 Å². The lowest BCUT2D eigenvalue weighted by atomic mass is 9.87. The van der Waals surface area contributed by atoms with Gasteiger partial charge < -0.3 is 0 Å². The summed E-state index contributed by atoms with van der Waals surface area (Å²) in [5.41, 5.74) is 2.47. The van der Waals surface area contributed by atoms with Crippen molar-refractivity contribution in [1.82, 2.24) is 0 Å². The van der Waals surface area contributed by atoms with Crippen LogP contribution in [-0.4, -0.2) is 14.2 Å². The summed E-state index contributed by atoms with van der Waals surface area (Å²) in [6.45, 7) is 10.7. The zero-order chi connectivity index (χ0) is 12.0. The standard InChI is InChI=1S/C12H24O2S/c1-6-7-11(8-15(13)14)12(9(2)3)10(4)5/h9-10,15H,6-8H2,1-5H3. The van der Waals surface area contributed by atoms with Crippen molar-refractivity contribution < 1.29 is 8.42 Å². The van der Waals surface area contributed by atoms with Gasteiger partial charge >= 0.3 is 0 Å². The fourth-order valence-electron chi connectivity index (χ4n) is 2.26. The summed E-state index contributed by atoms with van der Waals surface area (Å²) < 4.78 is 21.7. The Hall–Kier alpha value is -0.310. The molecule has 0 fully saturated rings. The highest BCUT2D eigenvalue weighted by Crippen LogP contribution is 2.26. The van der Waals surface area contributed by atoms with E-state index in [0.29, 0.717) is 11.8 Å². The largest absolute Gasteiger partial charge is 0.232 e. The number of allylic oxidation sites excluding steroid dienone is 1. The average Bonchev–Trinajstić information content (AvgIpc) is 2.01. The van der Waals surface area contributed by atoms with Crippen molar-refractivity contribution in [2.24, 2.45) is 11.8 Å². The Bertz CT molecular complexity index is 268. The monoisotopic (exact) mass is 232 g/mol. The lowest BCUT2D eigenvalue weighted by Gasteiger charge is -2.20. The second-order valence-corrected chi connectivity index (χ2v) is 5.59. The van der Waals surface area contributed by atoms with Crippen LogP contribution in [-0.2, 0) is 10.7 Å². The average molecular weight is 232 g/mol. The molecule has 0 saturated carbocycles. The van der Waals surface area contributed by atoms with Gasteiger partial charge in [-0.05, 0) is 18.3 Å². The van der Waals surface area contributed by atoms with Crippen LogP contribution in [0.25, 0.3) is 0 Å². The highest BCUT2D eigenvalue weighted by Gasteiger charge is 2.14. The normalized spacial score (nSPS) is 11.5. The van der Waals surface area contributed by atoms with Crippen LogP contribution in [0, 0.1) is 11.8 Å². The maximum Gasteiger partial charge on any atom is 0.143 e. The van der Waals surface area contributed by atoms with E-state index in [1.165, 1.54) is 5.57 Å². The molecule has 0 aromatic rings. The van der Waals surface area contributed by atoms with Crippen molar-refractivity contribution in [2.75, 3.05) is 5.75 Å². The summed E-state index contributed by atoms with van der Waals surface area (Å²) in [7, 11) is -2.29. The van der Waals surface area contributed by atoms with E-state index in [1.54, 1.807) is 0 Å². The minimum atomic E-state index is -2.29. The molecule has 90 valence electrons. The third-order valence-electron chi connectivity index (χ3n) is 2.52. The number of hydrogen-bond donors (Lipinski definition) is 1. The van der Waals surface area contributed by atoms with E-state index in [2.05, 4.69) is 34.6 Å². The lowest BCUT2D eigenvalue weighted by molar-refractivity contribution is 0.598. The van der Waals surface area contributed by atoms with Crippen molar-refractivity contribution in [1.29, 1.82) is 0 Å². The molecule has 0 aromatic carbocycles. The Kier molecular flexibility index (Phi) is 6.90. The summed E-state index contributed by atoms with van der Waals surface area (Å²) in [4.78, 5) is 0. The molecule has 0 heterocycles. The Morgan fingerprint density at radius 1 is 1.07 bits per heavy atom. The SMILES string of the molecule is CCCC(C[SH](=O)=O)=C(C(C)C)C(C)C. The fraction of sp³-hybridized carbons (Fsp3) is 0.833. The first kappa shape index (κ1) is 14.7. The second kappa shape index (κ2) is 7.04. The molecule has 0 aliphatic carbocycles. The van der Waals surface area contributed by atoms with E-state index in [4.69, 9.17) is 0 Å². The summed E-state index contributed by atoms with van der Waals surface area (Å²) in [5.74, 6) is 1.14. The first-order valence-corrected chi connectivity index (χ1v) is 7.10. The zero-order valence-electron chi connectivity index (χ0n) is 10.5. The van der Waals surface area contributed by atoms with Gasteiger partial charge in [-0.25, -0.2) is 8.42 Å². The van der Waals surface area contributed by atoms with Crippen molar-refractivity contribution in [3.05, 3.63) is 11.1 Å². The Balaban J connectivity index is 5.13. The van der Waals surface area contributed by atoms with Gasteiger partial charge in [0.1, 0.15) is 10.7 Å². The van der Waals surface area contributed by atoms with E-state index < -0.39 is 10.7 Å². The first-order valence-electron chi connectivity index (χ1n) is 5.73. The maximum atomic E-state index is 10.8. The van der Waals surface area contributed by atoms with Crippen LogP contribution in [0.1, 0.15) is 47.5 Å². The summed E-state index contributed by atoms with van der Waals surface area (Å²) >= 11 is 0. The maximum absolute atomic E-state index is 10.8. The van der Waals surface area contributed by atoms with Gasteiger partial charge in [-0.2, -0.15) is 0 Å². The molecular weight excluding hydrogens is 208 g/mol. The van der Waals surface area contributed by atoms with Gasteiger partial charge in [-0.1, -0.05) is 52.2 Å². The zero-order valence-corrected chi connectivity index (χ0v) is 11.4. The van der Waals surface area contributed by atoms with Crippen molar-refractivity contribution in [3.63, 3.8) is 0 Å². The molecule has 0 spiro atoms. The lowest BCUT2D eigenvalue weighted by Crippen LogP contribution is -2.09. The molecule has 0 aromatic heterocycles. The van der Waals surface area contributed by atoms with Crippen LogP contribution >= 0.6 is 0 Å². The molecule has 0 saturated heterocycles. The van der Waals surface area contributed by atoms with Gasteiger partial charge in [0, 0.05) is 0 Å². The first-order chi connectivity index (χ1) is 6.90. The van der Waals surface area contributed by atoms with E-state index >= 15 is 0 Å². The molecule has 0 aliphatic rings. The summed E-state index contributed by atoms with van der Waals surface area (Å²) in [6.07, 6.45) is 1.93. The summed E-state index contributed by atoms with van der Waals surface area (Å²) in [5, 5.41) is 0. The highest BCUT2D eigenvalue weighted by atomic mass is 32.2. The minimum absolute atomic E-state index is 0.245. The Morgan fingerprint density at radius 2 is 1.53 bits per heavy atom. The molecule has 0 amide bonds. The second-order valence-electron chi connectivity index (χ2n) is 4.61. The van der Waals surface area contributed by atoms with Gasteiger partial charge in [0.25, 0.3) is 0 Å². The molecule has 3 heteroatoms. The molecule has 15 heavy (non-hydrogen) atoms.